The van der Waals surface area contributed by atoms with E-state index in [0.717, 1.165) is 42.7 Å². The maximum atomic E-state index is 5.52. The van der Waals surface area contributed by atoms with Crippen LogP contribution in [0.4, 0.5) is 0 Å². The summed E-state index contributed by atoms with van der Waals surface area (Å²) < 4.78 is 11.0. The van der Waals surface area contributed by atoms with Crippen molar-refractivity contribution in [3.8, 4) is 11.4 Å². The number of aryl methyl sites for hydroxylation is 3. The van der Waals surface area contributed by atoms with Crippen molar-refractivity contribution in [2.75, 3.05) is 7.11 Å². The molecule has 0 unspecified atom stereocenters. The molecular formula is C19H26N6O2. The van der Waals surface area contributed by atoms with E-state index in [1.807, 2.05) is 26.0 Å². The van der Waals surface area contributed by atoms with Gasteiger partial charge in [-0.2, -0.15) is 0 Å². The van der Waals surface area contributed by atoms with Gasteiger partial charge in [-0.15, -0.1) is 25.2 Å². The fraction of sp³-hybridized carbons (Fsp3) is 0.526. The third kappa shape index (κ3) is 4.90. The van der Waals surface area contributed by atoms with Gasteiger partial charge in [0.2, 0.25) is 11.8 Å². The number of rotatable bonds is 8. The van der Waals surface area contributed by atoms with Crippen molar-refractivity contribution in [3.63, 3.8) is 0 Å². The quantitative estimate of drug-likeness (QED) is 0.601. The minimum atomic E-state index is 0.0778. The van der Waals surface area contributed by atoms with Gasteiger partial charge in [0, 0.05) is 13.3 Å². The molecule has 8 heteroatoms. The number of nitrogens with zero attached hydrogens (tertiary/aromatic N) is 6. The highest BCUT2D eigenvalue weighted by Crippen LogP contribution is 2.30. The zero-order chi connectivity index (χ0) is 19.4. The van der Waals surface area contributed by atoms with Crippen LogP contribution in [0.2, 0.25) is 0 Å². The first-order chi connectivity index (χ1) is 12.9. The highest BCUT2D eigenvalue weighted by molar-refractivity contribution is 5.43. The second-order valence-corrected chi connectivity index (χ2v) is 7.53. The van der Waals surface area contributed by atoms with Crippen LogP contribution >= 0.6 is 0 Å². The number of hydrogen-bond donors (Lipinski definition) is 0. The molecule has 0 N–H and O–H groups in total. The normalized spacial score (nSPS) is 11.7. The molecule has 1 aromatic carbocycles. The van der Waals surface area contributed by atoms with Crippen LogP contribution in [0, 0.1) is 19.3 Å². The van der Waals surface area contributed by atoms with Crippen molar-refractivity contribution in [2.24, 2.45) is 5.41 Å². The SMILES string of the molecule is COc1ccc(-n2nnc(C)n2)cc1CCCC(C)(C)Cc1nnc(C)o1. The summed E-state index contributed by atoms with van der Waals surface area (Å²) in [6.45, 7) is 8.08. The second-order valence-electron chi connectivity index (χ2n) is 7.53. The van der Waals surface area contributed by atoms with Crippen LogP contribution in [0.25, 0.3) is 5.69 Å². The molecule has 0 atom stereocenters. The van der Waals surface area contributed by atoms with Crippen molar-refractivity contribution in [1.29, 1.82) is 0 Å². The molecule has 144 valence electrons. The Bertz CT molecular complexity index is 899. The summed E-state index contributed by atoms with van der Waals surface area (Å²) in [5.74, 6) is 2.83. The summed E-state index contributed by atoms with van der Waals surface area (Å²) in [5.41, 5.74) is 2.09. The lowest BCUT2D eigenvalue weighted by Gasteiger charge is -2.22. The summed E-state index contributed by atoms with van der Waals surface area (Å²) in [7, 11) is 1.69. The molecule has 0 saturated heterocycles. The van der Waals surface area contributed by atoms with Crippen molar-refractivity contribution in [3.05, 3.63) is 41.4 Å². The van der Waals surface area contributed by atoms with Crippen molar-refractivity contribution >= 4 is 0 Å². The molecule has 0 saturated carbocycles. The number of hydrogen-bond acceptors (Lipinski definition) is 7. The van der Waals surface area contributed by atoms with E-state index in [1.54, 1.807) is 11.9 Å². The fourth-order valence-corrected chi connectivity index (χ4v) is 3.14. The summed E-state index contributed by atoms with van der Waals surface area (Å²) in [5, 5.41) is 20.3. The highest BCUT2D eigenvalue weighted by Gasteiger charge is 2.22. The van der Waals surface area contributed by atoms with Crippen LogP contribution in [0.15, 0.2) is 22.6 Å². The first-order valence-electron chi connectivity index (χ1n) is 9.09. The molecule has 0 aliphatic heterocycles. The molecule has 3 rings (SSSR count). The van der Waals surface area contributed by atoms with E-state index < -0.39 is 0 Å². The zero-order valence-corrected chi connectivity index (χ0v) is 16.6. The number of benzene rings is 1. The first kappa shape index (κ1) is 19.0. The number of tetrazole rings is 1. The average molecular weight is 370 g/mol. The van der Waals surface area contributed by atoms with Crippen LogP contribution in [-0.4, -0.2) is 37.5 Å². The topological polar surface area (TPSA) is 91.8 Å². The Hall–Kier alpha value is -2.77. The Morgan fingerprint density at radius 1 is 1.15 bits per heavy atom. The fourth-order valence-electron chi connectivity index (χ4n) is 3.14. The van der Waals surface area contributed by atoms with Gasteiger partial charge in [0.1, 0.15) is 5.75 Å². The Morgan fingerprint density at radius 3 is 2.59 bits per heavy atom. The predicted octanol–water partition coefficient (Wildman–Crippen LogP) is 3.26. The third-order valence-corrected chi connectivity index (χ3v) is 4.51. The van der Waals surface area contributed by atoms with Gasteiger partial charge >= 0.3 is 0 Å². The number of ether oxygens (including phenoxy) is 1. The molecule has 3 aromatic rings. The predicted molar refractivity (Wildman–Crippen MR) is 99.9 cm³/mol. The van der Waals surface area contributed by atoms with Crippen molar-refractivity contribution in [1.82, 2.24) is 30.4 Å². The van der Waals surface area contributed by atoms with Crippen LogP contribution < -0.4 is 4.74 Å². The van der Waals surface area contributed by atoms with Gasteiger partial charge in [0.05, 0.1) is 12.8 Å². The Kier molecular flexibility index (Phi) is 5.53. The molecule has 0 aliphatic rings. The largest absolute Gasteiger partial charge is 0.496 e. The van der Waals surface area contributed by atoms with Gasteiger partial charge in [0.15, 0.2) is 5.82 Å². The molecule has 0 radical (unpaired) electrons. The Balaban J connectivity index is 1.65. The first-order valence-corrected chi connectivity index (χ1v) is 9.09. The van der Waals surface area contributed by atoms with E-state index in [0.29, 0.717) is 17.6 Å². The standard InChI is InChI=1S/C19H26N6O2/c1-13-20-24-25(23-13)16-8-9-17(26-5)15(11-16)7-6-10-19(3,4)12-18-22-21-14(2)27-18/h8-9,11H,6-7,10,12H2,1-5H3. The lowest BCUT2D eigenvalue weighted by molar-refractivity contribution is 0.288. The van der Waals surface area contributed by atoms with Gasteiger partial charge in [-0.05, 0) is 60.6 Å². The number of aromatic nitrogens is 6. The number of methoxy groups -OCH3 is 1. The maximum Gasteiger partial charge on any atom is 0.217 e. The van der Waals surface area contributed by atoms with Crippen molar-refractivity contribution in [2.45, 2.75) is 53.4 Å². The van der Waals surface area contributed by atoms with Crippen LogP contribution in [0.3, 0.4) is 0 Å². The molecule has 27 heavy (non-hydrogen) atoms. The van der Waals surface area contributed by atoms with E-state index >= 15 is 0 Å². The van der Waals surface area contributed by atoms with Crippen LogP contribution in [-0.2, 0) is 12.8 Å². The lowest BCUT2D eigenvalue weighted by Crippen LogP contribution is -2.15. The Morgan fingerprint density at radius 2 is 1.96 bits per heavy atom. The maximum absolute atomic E-state index is 5.52. The highest BCUT2D eigenvalue weighted by atomic mass is 16.5. The van der Waals surface area contributed by atoms with E-state index in [-0.39, 0.29) is 5.41 Å². The Labute approximate surface area is 158 Å². The van der Waals surface area contributed by atoms with E-state index in [9.17, 15) is 0 Å². The minimum Gasteiger partial charge on any atom is -0.496 e. The molecule has 0 spiro atoms. The summed E-state index contributed by atoms with van der Waals surface area (Å²) in [6.07, 6.45) is 3.72. The van der Waals surface area contributed by atoms with Gasteiger partial charge in [-0.1, -0.05) is 13.8 Å². The molecule has 0 bridgehead atoms. The second kappa shape index (κ2) is 7.85. The van der Waals surface area contributed by atoms with Gasteiger partial charge in [-0.3, -0.25) is 0 Å². The third-order valence-electron chi connectivity index (χ3n) is 4.51. The average Bonchev–Trinajstić information content (AvgIpc) is 3.22. The van der Waals surface area contributed by atoms with Gasteiger partial charge < -0.3 is 9.15 Å². The van der Waals surface area contributed by atoms with E-state index in [1.165, 1.54) is 0 Å². The molecule has 0 aliphatic carbocycles. The lowest BCUT2D eigenvalue weighted by atomic mass is 9.83. The van der Waals surface area contributed by atoms with Crippen LogP contribution in [0.5, 0.6) is 5.75 Å². The monoisotopic (exact) mass is 370 g/mol. The smallest absolute Gasteiger partial charge is 0.217 e. The zero-order valence-electron chi connectivity index (χ0n) is 16.6. The summed E-state index contributed by atoms with van der Waals surface area (Å²) >= 11 is 0. The summed E-state index contributed by atoms with van der Waals surface area (Å²) in [4.78, 5) is 1.54. The van der Waals surface area contributed by atoms with Gasteiger partial charge in [0.25, 0.3) is 0 Å². The molecule has 0 amide bonds. The van der Waals surface area contributed by atoms with E-state index in [2.05, 4.69) is 45.5 Å². The van der Waals surface area contributed by atoms with Crippen LogP contribution in [0.1, 0.15) is 49.9 Å². The molecule has 2 heterocycles. The summed E-state index contributed by atoms with van der Waals surface area (Å²) in [6, 6.07) is 5.95. The molecule has 2 aromatic heterocycles. The molecular weight excluding hydrogens is 344 g/mol. The van der Waals surface area contributed by atoms with Crippen molar-refractivity contribution < 1.29 is 9.15 Å². The molecule has 8 nitrogen and oxygen atoms in total. The van der Waals surface area contributed by atoms with Gasteiger partial charge in [-0.25, -0.2) is 0 Å². The van der Waals surface area contributed by atoms with E-state index in [4.69, 9.17) is 9.15 Å². The minimum absolute atomic E-state index is 0.0778. The molecule has 0 fully saturated rings.